The maximum atomic E-state index is 6.10. The first kappa shape index (κ1) is 13.2. The number of hydrogen-bond donors (Lipinski definition) is 1. The highest BCUT2D eigenvalue weighted by molar-refractivity contribution is 6.35. The van der Waals surface area contributed by atoms with Crippen LogP contribution < -0.4 is 0 Å². The lowest BCUT2D eigenvalue weighted by atomic mass is 10.1. The number of aromatic nitrogens is 2. The molecule has 0 radical (unpaired) electrons. The monoisotopic (exact) mass is 280 g/mol. The van der Waals surface area contributed by atoms with Crippen LogP contribution in [0.4, 0.5) is 0 Å². The number of imidazole rings is 1. The number of aryl methyl sites for hydroxylation is 2. The van der Waals surface area contributed by atoms with Gasteiger partial charge >= 0.3 is 0 Å². The van der Waals surface area contributed by atoms with Gasteiger partial charge in [-0.25, -0.2) is 4.98 Å². The van der Waals surface area contributed by atoms with E-state index in [0.717, 1.165) is 34.9 Å². The van der Waals surface area contributed by atoms with Crippen molar-refractivity contribution >= 4 is 29.3 Å². The quantitative estimate of drug-likeness (QED) is 0.866. The molecule has 0 atom stereocenters. The van der Waals surface area contributed by atoms with Gasteiger partial charge in [0.25, 0.3) is 0 Å². The Balaban J connectivity index is 1.90. The molecule has 1 aromatic carbocycles. The molecule has 1 N–H and O–H groups in total. The van der Waals surface area contributed by atoms with Crippen LogP contribution in [-0.4, -0.2) is 9.97 Å². The maximum absolute atomic E-state index is 6.10. The van der Waals surface area contributed by atoms with Gasteiger partial charge in [-0.05, 0) is 43.5 Å². The van der Waals surface area contributed by atoms with Crippen molar-refractivity contribution in [3.63, 3.8) is 0 Å². The zero-order valence-electron chi connectivity index (χ0n) is 10.1. The summed E-state index contributed by atoms with van der Waals surface area (Å²) in [5, 5.41) is 1.40. The number of nitrogens with zero attached hydrogens (tertiary/aromatic N) is 1. The highest BCUT2D eigenvalue weighted by atomic mass is 35.5. The molecule has 1 aromatic heterocycles. The van der Waals surface area contributed by atoms with E-state index >= 15 is 0 Å². The van der Waals surface area contributed by atoms with Crippen molar-refractivity contribution in [3.8, 4) is 0 Å². The van der Waals surface area contributed by atoms with E-state index in [2.05, 4.69) is 16.0 Å². The second-order valence-electron chi connectivity index (χ2n) is 4.10. The molecule has 0 spiro atoms. The van der Waals surface area contributed by atoms with E-state index in [9.17, 15) is 0 Å². The Bertz CT molecular complexity index is 559. The number of aromatic amines is 1. The van der Waals surface area contributed by atoms with E-state index in [1.807, 2.05) is 31.3 Å². The van der Waals surface area contributed by atoms with Gasteiger partial charge in [0, 0.05) is 10.0 Å². The molecule has 0 aliphatic carbocycles. The molecule has 0 aliphatic rings. The van der Waals surface area contributed by atoms with Crippen LogP contribution >= 0.6 is 23.2 Å². The van der Waals surface area contributed by atoms with Gasteiger partial charge in [-0.1, -0.05) is 35.3 Å². The van der Waals surface area contributed by atoms with E-state index in [4.69, 9.17) is 23.2 Å². The Kier molecular flexibility index (Phi) is 4.45. The normalized spacial score (nSPS) is 11.3. The van der Waals surface area contributed by atoms with E-state index < -0.39 is 0 Å². The maximum Gasteiger partial charge on any atom is 0.103 e. The second-order valence-corrected chi connectivity index (χ2v) is 4.94. The van der Waals surface area contributed by atoms with Crippen LogP contribution in [0.25, 0.3) is 6.08 Å². The smallest absolute Gasteiger partial charge is 0.103 e. The molecule has 4 heteroatoms. The minimum atomic E-state index is 0.673. The lowest BCUT2D eigenvalue weighted by molar-refractivity contribution is 1.01. The van der Waals surface area contributed by atoms with Gasteiger partial charge in [-0.3, -0.25) is 0 Å². The minimum absolute atomic E-state index is 0.673. The van der Waals surface area contributed by atoms with E-state index in [0.29, 0.717) is 5.02 Å². The molecule has 18 heavy (non-hydrogen) atoms. The molecule has 0 fully saturated rings. The fourth-order valence-electron chi connectivity index (χ4n) is 1.70. The van der Waals surface area contributed by atoms with Crippen LogP contribution in [0.15, 0.2) is 30.5 Å². The lowest BCUT2D eigenvalue weighted by Crippen LogP contribution is -1.85. The zero-order chi connectivity index (χ0) is 13.0. The average molecular weight is 281 g/mol. The number of H-pyrrole nitrogens is 1. The Hall–Kier alpha value is -1.25. The molecule has 0 amide bonds. The third-order valence-electron chi connectivity index (χ3n) is 2.62. The van der Waals surface area contributed by atoms with Crippen molar-refractivity contribution in [2.45, 2.75) is 19.8 Å². The van der Waals surface area contributed by atoms with Gasteiger partial charge in [0.15, 0.2) is 0 Å². The van der Waals surface area contributed by atoms with Gasteiger partial charge in [-0.2, -0.15) is 0 Å². The van der Waals surface area contributed by atoms with Crippen LogP contribution in [0.2, 0.25) is 10.0 Å². The molecule has 0 bridgehead atoms. The summed E-state index contributed by atoms with van der Waals surface area (Å²) < 4.78 is 0. The van der Waals surface area contributed by atoms with Crippen molar-refractivity contribution in [1.29, 1.82) is 0 Å². The highest BCUT2D eigenvalue weighted by Gasteiger charge is 1.99. The van der Waals surface area contributed by atoms with E-state index in [-0.39, 0.29) is 0 Å². The molecule has 0 aliphatic heterocycles. The van der Waals surface area contributed by atoms with Gasteiger partial charge in [0.2, 0.25) is 0 Å². The molecule has 0 saturated heterocycles. The Morgan fingerprint density at radius 2 is 2.17 bits per heavy atom. The lowest BCUT2D eigenvalue weighted by Gasteiger charge is -2.02. The predicted octanol–water partition coefficient (Wildman–Crippen LogP) is 4.67. The van der Waals surface area contributed by atoms with Gasteiger partial charge < -0.3 is 4.98 Å². The van der Waals surface area contributed by atoms with Crippen molar-refractivity contribution in [1.82, 2.24) is 9.97 Å². The summed E-state index contributed by atoms with van der Waals surface area (Å²) in [7, 11) is 0. The van der Waals surface area contributed by atoms with E-state index in [1.54, 1.807) is 6.07 Å². The predicted molar refractivity (Wildman–Crippen MR) is 77.1 cm³/mol. The summed E-state index contributed by atoms with van der Waals surface area (Å²) in [6, 6.07) is 5.62. The van der Waals surface area contributed by atoms with Crippen molar-refractivity contribution in [3.05, 3.63) is 57.6 Å². The minimum Gasteiger partial charge on any atom is -0.343 e. The van der Waals surface area contributed by atoms with Crippen LogP contribution in [0.3, 0.4) is 0 Å². The number of hydrogen-bond acceptors (Lipinski definition) is 1. The average Bonchev–Trinajstić information content (AvgIpc) is 2.73. The number of nitrogens with one attached hydrogen (secondary N) is 1. The van der Waals surface area contributed by atoms with Crippen molar-refractivity contribution < 1.29 is 0 Å². The summed E-state index contributed by atoms with van der Waals surface area (Å²) in [6.45, 7) is 1.94. The van der Waals surface area contributed by atoms with Crippen LogP contribution in [0.5, 0.6) is 0 Å². The second kappa shape index (κ2) is 6.07. The fraction of sp³-hybridized carbons (Fsp3) is 0.214. The third kappa shape index (κ3) is 3.62. The largest absolute Gasteiger partial charge is 0.343 e. The summed E-state index contributed by atoms with van der Waals surface area (Å²) in [5.74, 6) is 0.926. The first-order chi connectivity index (χ1) is 8.65. The summed E-state index contributed by atoms with van der Waals surface area (Å²) in [5.41, 5.74) is 2.14. The standard InChI is InChI=1S/C14H14Cl2N2/c1-10-17-9-13(18-10)5-3-2-4-11-6-7-12(15)8-14(11)16/h3,5-9H,2,4H2,1H3,(H,17,18). The number of benzene rings is 1. The third-order valence-corrected chi connectivity index (χ3v) is 3.20. The first-order valence-corrected chi connectivity index (χ1v) is 6.53. The molecule has 0 unspecified atom stereocenters. The Labute approximate surface area is 117 Å². The molecule has 2 nitrogen and oxygen atoms in total. The van der Waals surface area contributed by atoms with Gasteiger partial charge in [-0.15, -0.1) is 0 Å². The number of rotatable bonds is 4. The van der Waals surface area contributed by atoms with Gasteiger partial charge in [0.05, 0.1) is 11.9 Å². The van der Waals surface area contributed by atoms with Gasteiger partial charge in [0.1, 0.15) is 5.82 Å². The zero-order valence-corrected chi connectivity index (χ0v) is 11.6. The molecular weight excluding hydrogens is 267 g/mol. The summed E-state index contributed by atoms with van der Waals surface area (Å²) in [4.78, 5) is 7.29. The van der Waals surface area contributed by atoms with Crippen LogP contribution in [0.1, 0.15) is 23.5 Å². The SMILES string of the molecule is Cc1ncc(C=CCCc2ccc(Cl)cc2Cl)[nH]1. The first-order valence-electron chi connectivity index (χ1n) is 5.77. The molecule has 94 valence electrons. The van der Waals surface area contributed by atoms with Crippen LogP contribution in [0, 0.1) is 6.92 Å². The highest BCUT2D eigenvalue weighted by Crippen LogP contribution is 2.22. The summed E-state index contributed by atoms with van der Waals surface area (Å²) in [6.07, 6.45) is 7.79. The molecule has 1 heterocycles. The molecular formula is C14H14Cl2N2. The summed E-state index contributed by atoms with van der Waals surface area (Å²) >= 11 is 12.0. The van der Waals surface area contributed by atoms with E-state index in [1.165, 1.54) is 0 Å². The molecule has 2 rings (SSSR count). The fourth-order valence-corrected chi connectivity index (χ4v) is 2.20. The Morgan fingerprint density at radius 3 is 2.83 bits per heavy atom. The van der Waals surface area contributed by atoms with Crippen molar-refractivity contribution in [2.75, 3.05) is 0 Å². The van der Waals surface area contributed by atoms with Crippen LogP contribution in [-0.2, 0) is 6.42 Å². The number of allylic oxidation sites excluding steroid dienone is 1. The molecule has 0 saturated carbocycles. The molecule has 2 aromatic rings. The van der Waals surface area contributed by atoms with Crippen molar-refractivity contribution in [2.24, 2.45) is 0 Å². The Morgan fingerprint density at radius 1 is 1.33 bits per heavy atom. The topological polar surface area (TPSA) is 28.7 Å². The number of halogens is 2.